The van der Waals surface area contributed by atoms with E-state index < -0.39 is 0 Å². The topological polar surface area (TPSA) is 29.1 Å². The molecular formula is C16H22ClNO. The fourth-order valence-electron chi connectivity index (χ4n) is 2.85. The summed E-state index contributed by atoms with van der Waals surface area (Å²) in [5.74, 6) is 0.613. The first-order chi connectivity index (χ1) is 9.04. The minimum absolute atomic E-state index is 0.0938. The van der Waals surface area contributed by atoms with E-state index in [0.29, 0.717) is 12.3 Å². The molecule has 104 valence electrons. The lowest BCUT2D eigenvalue weighted by molar-refractivity contribution is -0.122. The van der Waals surface area contributed by atoms with Gasteiger partial charge in [-0.1, -0.05) is 36.6 Å². The van der Waals surface area contributed by atoms with Gasteiger partial charge in [0.05, 0.1) is 12.0 Å². The molecule has 0 radical (unpaired) electrons. The molecule has 0 heterocycles. The number of rotatable bonds is 4. The summed E-state index contributed by atoms with van der Waals surface area (Å²) < 4.78 is 0. The van der Waals surface area contributed by atoms with Gasteiger partial charge in [-0.25, -0.2) is 0 Å². The van der Waals surface area contributed by atoms with Gasteiger partial charge in [-0.3, -0.25) is 4.79 Å². The van der Waals surface area contributed by atoms with E-state index in [9.17, 15) is 4.79 Å². The van der Waals surface area contributed by atoms with Crippen LogP contribution in [0.25, 0.3) is 0 Å². The van der Waals surface area contributed by atoms with Gasteiger partial charge in [0.2, 0.25) is 5.91 Å². The zero-order chi connectivity index (χ0) is 13.9. The van der Waals surface area contributed by atoms with E-state index in [4.69, 9.17) is 11.6 Å². The molecule has 1 aliphatic rings. The molecule has 1 N–H and O–H groups in total. The zero-order valence-electron chi connectivity index (χ0n) is 11.8. The van der Waals surface area contributed by atoms with Crippen molar-refractivity contribution in [2.45, 2.75) is 51.5 Å². The number of hydrogen-bond acceptors (Lipinski definition) is 1. The molecule has 0 aliphatic heterocycles. The van der Waals surface area contributed by atoms with Crippen LogP contribution in [0.5, 0.6) is 0 Å². The van der Waals surface area contributed by atoms with Crippen molar-refractivity contribution in [3.8, 4) is 0 Å². The summed E-state index contributed by atoms with van der Waals surface area (Å²) in [7, 11) is 0. The first-order valence-electron chi connectivity index (χ1n) is 6.98. The van der Waals surface area contributed by atoms with E-state index in [-0.39, 0.29) is 11.4 Å². The third-order valence-corrected chi connectivity index (χ3v) is 4.59. The summed E-state index contributed by atoms with van der Waals surface area (Å²) in [4.78, 5) is 12.2. The minimum atomic E-state index is -0.156. The van der Waals surface area contributed by atoms with Crippen molar-refractivity contribution in [3.05, 3.63) is 34.9 Å². The van der Waals surface area contributed by atoms with Crippen LogP contribution in [0.2, 0.25) is 0 Å². The highest BCUT2D eigenvalue weighted by Gasteiger charge is 2.34. The molecule has 0 bridgehead atoms. The summed E-state index contributed by atoms with van der Waals surface area (Å²) in [6.07, 6.45) is 4.79. The number of aryl methyl sites for hydroxylation is 2. The number of alkyl halides is 1. The molecule has 0 atom stereocenters. The Morgan fingerprint density at radius 1 is 1.32 bits per heavy atom. The van der Waals surface area contributed by atoms with E-state index in [1.165, 1.54) is 11.1 Å². The van der Waals surface area contributed by atoms with Gasteiger partial charge in [0, 0.05) is 5.88 Å². The fourth-order valence-corrected chi connectivity index (χ4v) is 3.18. The molecule has 2 nitrogen and oxygen atoms in total. The Morgan fingerprint density at radius 2 is 2.00 bits per heavy atom. The highest BCUT2D eigenvalue weighted by atomic mass is 35.5. The number of nitrogens with one attached hydrogen (secondary N) is 1. The average Bonchev–Trinajstić information content (AvgIpc) is 2.83. The van der Waals surface area contributed by atoms with Gasteiger partial charge < -0.3 is 5.32 Å². The molecule has 1 fully saturated rings. The Bertz CT molecular complexity index is 464. The van der Waals surface area contributed by atoms with Gasteiger partial charge in [0.25, 0.3) is 0 Å². The maximum absolute atomic E-state index is 12.2. The summed E-state index contributed by atoms with van der Waals surface area (Å²) in [6.45, 7) is 4.10. The fraction of sp³-hybridized carbons (Fsp3) is 0.562. The second-order valence-corrected chi connectivity index (χ2v) is 6.04. The molecule has 2 rings (SSSR count). The molecule has 0 unspecified atom stereocenters. The third-order valence-electron chi connectivity index (χ3n) is 4.08. The van der Waals surface area contributed by atoms with E-state index in [2.05, 4.69) is 37.4 Å². The number of hydrogen-bond donors (Lipinski definition) is 1. The SMILES string of the molecule is Cc1ccc(C)c(CC(=O)NC2(CCl)CCCC2)c1. The molecule has 1 aromatic carbocycles. The first-order valence-corrected chi connectivity index (χ1v) is 7.51. The summed E-state index contributed by atoms with van der Waals surface area (Å²) in [5.41, 5.74) is 3.32. The van der Waals surface area contributed by atoms with Crippen LogP contribution in [0.4, 0.5) is 0 Å². The van der Waals surface area contributed by atoms with Crippen LogP contribution in [0.1, 0.15) is 42.4 Å². The number of halogens is 1. The zero-order valence-corrected chi connectivity index (χ0v) is 12.5. The Morgan fingerprint density at radius 3 is 2.63 bits per heavy atom. The molecular weight excluding hydrogens is 258 g/mol. The Kier molecular flexibility index (Phi) is 4.51. The second kappa shape index (κ2) is 5.96. The van der Waals surface area contributed by atoms with Crippen molar-refractivity contribution in [2.75, 3.05) is 5.88 Å². The molecule has 0 saturated heterocycles. The van der Waals surface area contributed by atoms with Gasteiger partial charge in [0.1, 0.15) is 0 Å². The molecule has 19 heavy (non-hydrogen) atoms. The molecule has 1 aromatic rings. The predicted octanol–water partition coefficient (Wildman–Crippen LogP) is 3.51. The van der Waals surface area contributed by atoms with Crippen LogP contribution in [0, 0.1) is 13.8 Å². The first kappa shape index (κ1) is 14.4. The molecule has 3 heteroatoms. The van der Waals surface area contributed by atoms with E-state index in [1.807, 2.05) is 0 Å². The maximum Gasteiger partial charge on any atom is 0.224 e. The van der Waals surface area contributed by atoms with Crippen LogP contribution in [0.15, 0.2) is 18.2 Å². The van der Waals surface area contributed by atoms with Crippen LogP contribution in [-0.4, -0.2) is 17.3 Å². The second-order valence-electron chi connectivity index (χ2n) is 5.78. The third kappa shape index (κ3) is 3.50. The van der Waals surface area contributed by atoms with Gasteiger partial charge in [-0.15, -0.1) is 11.6 Å². The van der Waals surface area contributed by atoms with Gasteiger partial charge in [0.15, 0.2) is 0 Å². The quantitative estimate of drug-likeness (QED) is 0.840. The monoisotopic (exact) mass is 279 g/mol. The number of carbonyl (C=O) groups excluding carboxylic acids is 1. The van der Waals surface area contributed by atoms with E-state index in [1.54, 1.807) is 0 Å². The Balaban J connectivity index is 2.03. The highest BCUT2D eigenvalue weighted by Crippen LogP contribution is 2.30. The van der Waals surface area contributed by atoms with Crippen LogP contribution >= 0.6 is 11.6 Å². The van der Waals surface area contributed by atoms with Crippen molar-refractivity contribution in [1.29, 1.82) is 0 Å². The number of benzene rings is 1. The van der Waals surface area contributed by atoms with Gasteiger partial charge in [-0.2, -0.15) is 0 Å². The smallest absolute Gasteiger partial charge is 0.224 e. The number of amides is 1. The highest BCUT2D eigenvalue weighted by molar-refractivity contribution is 6.18. The Hall–Kier alpha value is -1.02. The molecule has 1 amide bonds. The normalized spacial score (nSPS) is 17.4. The standard InChI is InChI=1S/C16H22ClNO/c1-12-5-6-13(2)14(9-12)10-15(19)18-16(11-17)7-3-4-8-16/h5-6,9H,3-4,7-8,10-11H2,1-2H3,(H,18,19). The lowest BCUT2D eigenvalue weighted by Gasteiger charge is -2.28. The molecule has 1 saturated carbocycles. The van der Waals surface area contributed by atoms with Crippen molar-refractivity contribution in [2.24, 2.45) is 0 Å². The summed E-state index contributed by atoms with van der Waals surface area (Å²) >= 11 is 6.05. The number of carbonyl (C=O) groups is 1. The lowest BCUT2D eigenvalue weighted by atomic mass is 9.98. The van der Waals surface area contributed by atoms with Crippen LogP contribution < -0.4 is 5.32 Å². The molecule has 0 aromatic heterocycles. The Labute approximate surface area is 120 Å². The van der Waals surface area contributed by atoms with Gasteiger partial charge in [-0.05, 0) is 37.8 Å². The van der Waals surface area contributed by atoms with Crippen molar-refractivity contribution in [1.82, 2.24) is 5.32 Å². The average molecular weight is 280 g/mol. The van der Waals surface area contributed by atoms with Crippen molar-refractivity contribution >= 4 is 17.5 Å². The summed E-state index contributed by atoms with van der Waals surface area (Å²) in [5, 5.41) is 3.17. The lowest BCUT2D eigenvalue weighted by Crippen LogP contribution is -2.48. The van der Waals surface area contributed by atoms with Crippen molar-refractivity contribution in [3.63, 3.8) is 0 Å². The molecule has 0 spiro atoms. The predicted molar refractivity (Wildman–Crippen MR) is 79.7 cm³/mol. The minimum Gasteiger partial charge on any atom is -0.349 e. The van der Waals surface area contributed by atoms with Crippen LogP contribution in [0.3, 0.4) is 0 Å². The van der Waals surface area contributed by atoms with Crippen LogP contribution in [-0.2, 0) is 11.2 Å². The molecule has 1 aliphatic carbocycles. The van der Waals surface area contributed by atoms with Gasteiger partial charge >= 0.3 is 0 Å². The van der Waals surface area contributed by atoms with E-state index in [0.717, 1.165) is 31.2 Å². The summed E-state index contributed by atoms with van der Waals surface area (Å²) in [6, 6.07) is 6.25. The van der Waals surface area contributed by atoms with E-state index >= 15 is 0 Å². The maximum atomic E-state index is 12.2. The largest absolute Gasteiger partial charge is 0.349 e. The van der Waals surface area contributed by atoms with Crippen molar-refractivity contribution < 1.29 is 4.79 Å².